The van der Waals surface area contributed by atoms with Crippen molar-refractivity contribution in [1.82, 2.24) is 0 Å². The molecule has 0 aliphatic carbocycles. The molecule has 4 aliphatic heterocycles. The maximum atomic E-state index is 11.0. The first-order valence-corrected chi connectivity index (χ1v) is 16.7. The smallest absolute Gasteiger partial charge is 0.270 e. The van der Waals surface area contributed by atoms with Gasteiger partial charge in [0, 0.05) is 12.1 Å². The zero-order chi connectivity index (χ0) is 39.3. The lowest BCUT2D eigenvalue weighted by Crippen LogP contribution is -2.61. The quantitative estimate of drug-likeness (QED) is 0.0846. The van der Waals surface area contributed by atoms with E-state index < -0.39 is 134 Å². The molecule has 0 spiro atoms. The summed E-state index contributed by atoms with van der Waals surface area (Å²) in [5, 5.41) is 145. The van der Waals surface area contributed by atoms with Gasteiger partial charge in [0.25, 0.3) is 11.9 Å². The number of rotatable bonds is 9. The Hall–Kier alpha value is -3.78. The van der Waals surface area contributed by atoms with Gasteiger partial charge in [-0.05, 0) is 19.1 Å². The maximum absolute atomic E-state index is 11.0. The van der Waals surface area contributed by atoms with Crippen LogP contribution in [0.5, 0.6) is 34.5 Å². The molecule has 21 heteroatoms. The number of aliphatic hydroxyl groups excluding tert-OH is 10. The summed E-state index contributed by atoms with van der Waals surface area (Å²) in [7, 11) is 0. The van der Waals surface area contributed by atoms with E-state index in [0.717, 1.165) is 18.2 Å². The van der Waals surface area contributed by atoms with Crippen LogP contribution in [0.4, 0.5) is 0 Å². The second kappa shape index (κ2) is 15.8. The fourth-order valence-corrected chi connectivity index (χ4v) is 6.41. The number of phenolic OH excluding ortho intramolecular Hbond substituents is 4. The number of phenols is 4. The van der Waals surface area contributed by atoms with Gasteiger partial charge in [0.15, 0.2) is 29.3 Å². The molecule has 16 atom stereocenters. The van der Waals surface area contributed by atoms with Crippen LogP contribution >= 0.6 is 0 Å². The summed E-state index contributed by atoms with van der Waals surface area (Å²) in [5.41, 5.74) is -0.0178. The molecule has 0 bridgehead atoms. The van der Waals surface area contributed by atoms with Crippen molar-refractivity contribution in [2.45, 2.75) is 105 Å². The molecule has 1 unspecified atom stereocenters. The Bertz CT molecular complexity index is 1650. The molecule has 0 saturated carbocycles. The second-order valence-electron chi connectivity index (χ2n) is 13.3. The molecule has 21 nitrogen and oxygen atoms in total. The number of aromatic hydroxyl groups is 5. The van der Waals surface area contributed by atoms with Gasteiger partial charge in [0.1, 0.15) is 84.2 Å². The summed E-state index contributed by atoms with van der Waals surface area (Å²) in [5.74, 6) is -3.37. The largest absolute Gasteiger partial charge is 0.571 e. The molecule has 300 valence electrons. The Kier molecular flexibility index (Phi) is 11.6. The van der Waals surface area contributed by atoms with E-state index >= 15 is 0 Å². The van der Waals surface area contributed by atoms with Crippen LogP contribution in [0, 0.1) is 0 Å². The molecule has 2 aromatic carbocycles. The lowest BCUT2D eigenvalue weighted by molar-refractivity contribution is -0.325. The average Bonchev–Trinajstić information content (AvgIpc) is 3.14. The van der Waals surface area contributed by atoms with Crippen molar-refractivity contribution >= 4 is 6.08 Å². The summed E-state index contributed by atoms with van der Waals surface area (Å²) in [4.78, 5) is 0. The normalized spacial score (nSPS) is 39.6. The summed E-state index contributed by atoms with van der Waals surface area (Å²) < 4.78 is 38.5. The molecule has 0 aromatic heterocycles. The topological polar surface area (TPSA) is 351 Å². The van der Waals surface area contributed by atoms with E-state index in [1.807, 2.05) is 0 Å². The second-order valence-corrected chi connectivity index (χ2v) is 13.3. The van der Waals surface area contributed by atoms with Crippen LogP contribution in [0.15, 0.2) is 30.0 Å². The minimum absolute atomic E-state index is 0.00676. The summed E-state index contributed by atoms with van der Waals surface area (Å²) in [6, 6.07) is 4.29. The van der Waals surface area contributed by atoms with Crippen LogP contribution in [0.1, 0.15) is 24.2 Å². The van der Waals surface area contributed by atoms with Crippen LogP contribution in [0.2, 0.25) is 0 Å². The predicted octanol–water partition coefficient (Wildman–Crippen LogP) is -4.31. The third kappa shape index (κ3) is 7.56. The molecule has 3 saturated heterocycles. The molecule has 0 radical (unpaired) electrons. The highest BCUT2D eigenvalue weighted by Crippen LogP contribution is 2.48. The SMILES string of the molecule is C[C@H]1O[C@@H](OC[C@@H]2O[C@@H](OC3=Cc4c(O[C@@H]5O[C@H](CO)[C@@H](O)[C@H](O)[C@H]5O)cc(O)cc4[OH+]C3c3cc(O)c(O)c(O)c3)[C@@H](O)[C@H](O)[C@H]2O)[C@H](O)[C@@H](O)[C@H]1O. The van der Waals surface area contributed by atoms with Gasteiger partial charge in [-0.15, -0.1) is 0 Å². The van der Waals surface area contributed by atoms with E-state index in [0.29, 0.717) is 0 Å². The number of hydrogen-bond donors (Lipinski definition) is 14. The zero-order valence-corrected chi connectivity index (χ0v) is 28.2. The van der Waals surface area contributed by atoms with Crippen molar-refractivity contribution in [2.75, 3.05) is 13.2 Å². The van der Waals surface area contributed by atoms with Gasteiger partial charge in [0.2, 0.25) is 12.6 Å². The Morgan fingerprint density at radius 3 is 1.81 bits per heavy atom. The molecule has 2 aromatic rings. The third-order valence-corrected chi connectivity index (χ3v) is 9.58. The number of benzene rings is 2. The highest BCUT2D eigenvalue weighted by atomic mass is 16.7. The fraction of sp³-hybridized carbons (Fsp3) is 0.576. The monoisotopic (exact) mass is 775 g/mol. The van der Waals surface area contributed by atoms with Gasteiger partial charge < -0.3 is 105 Å². The van der Waals surface area contributed by atoms with E-state index in [9.17, 15) is 71.5 Å². The van der Waals surface area contributed by atoms with Gasteiger partial charge in [-0.2, -0.15) is 0 Å². The minimum Gasteiger partial charge on any atom is -0.571 e. The van der Waals surface area contributed by atoms with Crippen LogP contribution in [-0.4, -0.2) is 182 Å². The van der Waals surface area contributed by atoms with Gasteiger partial charge >= 0.3 is 0 Å². The molecule has 4 heterocycles. The van der Waals surface area contributed by atoms with Crippen molar-refractivity contribution in [3.63, 3.8) is 0 Å². The van der Waals surface area contributed by atoms with Crippen molar-refractivity contribution in [3.05, 3.63) is 41.2 Å². The number of hydrogen-bond acceptors (Lipinski definition) is 20. The first-order valence-electron chi connectivity index (χ1n) is 16.7. The van der Waals surface area contributed by atoms with Crippen LogP contribution in [0.25, 0.3) is 6.08 Å². The number of ether oxygens (including phenoxy) is 7. The highest BCUT2D eigenvalue weighted by molar-refractivity contribution is 5.70. The molecular formula is C33H43O21+. The summed E-state index contributed by atoms with van der Waals surface area (Å²) in [6.45, 7) is 0.0334. The van der Waals surface area contributed by atoms with Crippen LogP contribution in [-0.2, 0) is 23.7 Å². The van der Waals surface area contributed by atoms with Gasteiger partial charge in [-0.1, -0.05) is 0 Å². The van der Waals surface area contributed by atoms with E-state index in [-0.39, 0.29) is 28.4 Å². The standard InChI is InChI=1S/C33H42O21/c1-9-20(38)24(42)27(45)31(49-9)48-8-19-23(41)26(44)29(47)33(54-19)52-17-6-12-15(50-30(17)10-2-13(36)21(39)14(37)3-10)4-11(35)5-16(12)51-32-28(46)25(43)22(40)18(7-34)53-32/h2-6,9,18-20,22-47H,7-8H2,1H3/p+1/t9-,18-,19+,20+,22-,23+,24+,25+,26-,27-,28-,29+,30?,31-,32-,33-/m1/s1. The van der Waals surface area contributed by atoms with E-state index in [1.54, 1.807) is 0 Å². The molecule has 54 heavy (non-hydrogen) atoms. The van der Waals surface area contributed by atoms with Crippen molar-refractivity contribution in [1.29, 1.82) is 0 Å². The fourth-order valence-electron chi connectivity index (χ4n) is 6.41. The van der Waals surface area contributed by atoms with Crippen molar-refractivity contribution in [3.8, 4) is 34.5 Å². The number of fused-ring (bicyclic) bond motifs is 1. The van der Waals surface area contributed by atoms with Crippen molar-refractivity contribution < 1.29 is 105 Å². The molecule has 6 rings (SSSR count). The predicted molar refractivity (Wildman–Crippen MR) is 172 cm³/mol. The highest BCUT2D eigenvalue weighted by Gasteiger charge is 2.49. The molecule has 15 N–H and O–H groups in total. The first-order chi connectivity index (χ1) is 25.5. The Morgan fingerprint density at radius 1 is 0.630 bits per heavy atom. The molecular weight excluding hydrogens is 732 g/mol. The van der Waals surface area contributed by atoms with E-state index in [1.165, 1.54) is 19.1 Å². The average molecular weight is 776 g/mol. The molecule has 3 fully saturated rings. The number of aliphatic hydroxyl groups is 11. The third-order valence-electron chi connectivity index (χ3n) is 9.58. The lowest BCUT2D eigenvalue weighted by Gasteiger charge is -2.42. The van der Waals surface area contributed by atoms with E-state index in [4.69, 9.17) is 28.4 Å². The Balaban J connectivity index is 1.32. The molecule has 4 aliphatic rings. The zero-order valence-electron chi connectivity index (χ0n) is 28.2. The summed E-state index contributed by atoms with van der Waals surface area (Å²) >= 11 is 0. The summed E-state index contributed by atoms with van der Waals surface area (Å²) in [6.07, 6.45) is -24.8. The first kappa shape index (κ1) is 39.9. The Morgan fingerprint density at radius 2 is 1.19 bits per heavy atom. The molecule has 0 amide bonds. The van der Waals surface area contributed by atoms with Gasteiger partial charge in [0.05, 0.1) is 30.9 Å². The minimum atomic E-state index is -1.96. The maximum Gasteiger partial charge on any atom is 0.270 e. The van der Waals surface area contributed by atoms with Crippen molar-refractivity contribution in [2.24, 2.45) is 0 Å². The van der Waals surface area contributed by atoms with Crippen LogP contribution in [0.3, 0.4) is 0 Å². The van der Waals surface area contributed by atoms with Crippen LogP contribution < -0.4 is 4.74 Å². The Labute approximate surface area is 304 Å². The van der Waals surface area contributed by atoms with Gasteiger partial charge in [-0.25, -0.2) is 0 Å². The lowest BCUT2D eigenvalue weighted by atomic mass is 9.98. The van der Waals surface area contributed by atoms with E-state index in [2.05, 4.69) is 4.74 Å². The van der Waals surface area contributed by atoms with Gasteiger partial charge in [-0.3, -0.25) is 0 Å².